The number of hydrogen-bond acceptors (Lipinski definition) is 2. The van der Waals surface area contributed by atoms with E-state index in [9.17, 15) is 14.7 Å². The maximum atomic E-state index is 12.7. The molecular formula is C20H23NO3. The second-order valence-electron chi connectivity index (χ2n) is 6.07. The Kier molecular flexibility index (Phi) is 5.74. The van der Waals surface area contributed by atoms with Gasteiger partial charge in [0.1, 0.15) is 6.04 Å². The molecule has 0 spiro atoms. The molecule has 24 heavy (non-hydrogen) atoms. The molecule has 1 N–H and O–H groups in total. The molecule has 0 radical (unpaired) electrons. The third kappa shape index (κ3) is 4.22. The summed E-state index contributed by atoms with van der Waals surface area (Å²) in [6.45, 7) is 5.82. The molecule has 0 bridgehead atoms. The van der Waals surface area contributed by atoms with Gasteiger partial charge in [-0.25, -0.2) is 4.79 Å². The smallest absolute Gasteiger partial charge is 0.326 e. The molecule has 0 saturated carbocycles. The Balaban J connectivity index is 2.28. The van der Waals surface area contributed by atoms with Crippen LogP contribution in [0, 0.1) is 13.8 Å². The van der Waals surface area contributed by atoms with E-state index in [0.717, 1.165) is 22.3 Å². The van der Waals surface area contributed by atoms with Crippen LogP contribution in [-0.4, -0.2) is 27.9 Å². The predicted octanol–water partition coefficient (Wildman–Crippen LogP) is 3.35. The molecule has 0 fully saturated rings. The first kappa shape index (κ1) is 17.7. The number of carboxylic acids is 1. The van der Waals surface area contributed by atoms with Crippen molar-refractivity contribution in [2.75, 3.05) is 0 Å². The van der Waals surface area contributed by atoms with Crippen molar-refractivity contribution in [1.82, 2.24) is 4.90 Å². The number of benzene rings is 2. The Bertz CT molecular complexity index is 705. The summed E-state index contributed by atoms with van der Waals surface area (Å²) in [4.78, 5) is 25.7. The van der Waals surface area contributed by atoms with E-state index in [2.05, 4.69) is 0 Å². The number of amides is 1. The van der Waals surface area contributed by atoms with Crippen molar-refractivity contribution >= 4 is 11.9 Å². The summed E-state index contributed by atoms with van der Waals surface area (Å²) in [7, 11) is 0. The first-order valence-electron chi connectivity index (χ1n) is 8.01. The van der Waals surface area contributed by atoms with Crippen LogP contribution in [0.25, 0.3) is 0 Å². The highest BCUT2D eigenvalue weighted by Gasteiger charge is 2.26. The van der Waals surface area contributed by atoms with Gasteiger partial charge in [0.2, 0.25) is 5.91 Å². The predicted molar refractivity (Wildman–Crippen MR) is 93.7 cm³/mol. The molecule has 2 aromatic carbocycles. The van der Waals surface area contributed by atoms with Gasteiger partial charge in [0.15, 0.2) is 0 Å². The summed E-state index contributed by atoms with van der Waals surface area (Å²) in [6.07, 6.45) is 0.198. The fourth-order valence-electron chi connectivity index (χ4n) is 2.72. The first-order chi connectivity index (χ1) is 11.4. The lowest BCUT2D eigenvalue weighted by Gasteiger charge is -2.28. The quantitative estimate of drug-likeness (QED) is 0.886. The van der Waals surface area contributed by atoms with Gasteiger partial charge in [-0.05, 0) is 43.0 Å². The molecule has 4 heteroatoms. The summed E-state index contributed by atoms with van der Waals surface area (Å²) < 4.78 is 0. The highest BCUT2D eigenvalue weighted by molar-refractivity contribution is 5.84. The fourth-order valence-corrected chi connectivity index (χ4v) is 2.72. The number of hydrogen-bond donors (Lipinski definition) is 1. The van der Waals surface area contributed by atoms with Gasteiger partial charge in [-0.2, -0.15) is 0 Å². The summed E-state index contributed by atoms with van der Waals surface area (Å²) in [5, 5.41) is 9.39. The Labute approximate surface area is 142 Å². The second kappa shape index (κ2) is 7.77. The first-order valence-corrected chi connectivity index (χ1v) is 8.01. The fraction of sp³-hybridized carbons (Fsp3) is 0.300. The lowest BCUT2D eigenvalue weighted by molar-refractivity contribution is -0.149. The lowest BCUT2D eigenvalue weighted by Crippen LogP contribution is -2.43. The van der Waals surface area contributed by atoms with Gasteiger partial charge in [0.05, 0.1) is 6.42 Å². The maximum Gasteiger partial charge on any atom is 0.326 e. The number of carbonyl (C=O) groups is 2. The van der Waals surface area contributed by atoms with Crippen molar-refractivity contribution in [1.29, 1.82) is 0 Å². The molecule has 0 aliphatic rings. The zero-order valence-electron chi connectivity index (χ0n) is 14.3. The van der Waals surface area contributed by atoms with Crippen LogP contribution >= 0.6 is 0 Å². The Hall–Kier alpha value is -2.62. The van der Waals surface area contributed by atoms with Crippen LogP contribution in [0.15, 0.2) is 48.5 Å². The van der Waals surface area contributed by atoms with Crippen LogP contribution in [0.3, 0.4) is 0 Å². The van der Waals surface area contributed by atoms with Crippen molar-refractivity contribution in [3.05, 3.63) is 70.8 Å². The second-order valence-corrected chi connectivity index (χ2v) is 6.07. The van der Waals surface area contributed by atoms with Gasteiger partial charge >= 0.3 is 5.97 Å². The molecule has 1 atom stereocenters. The SMILES string of the molecule is Cc1cccc(C)c1CN(C(=O)Cc1ccccc1)[C@@H](C)C(=O)O. The lowest BCUT2D eigenvalue weighted by atomic mass is 10.0. The number of aliphatic carboxylic acids is 1. The molecule has 1 amide bonds. The standard InChI is InChI=1S/C20H23NO3/c1-14-8-7-9-15(2)18(14)13-21(16(3)20(23)24)19(22)12-17-10-5-4-6-11-17/h4-11,16H,12-13H2,1-3H3,(H,23,24)/t16-/m0/s1. The van der Waals surface area contributed by atoms with Crippen molar-refractivity contribution in [2.45, 2.75) is 39.8 Å². The van der Waals surface area contributed by atoms with Gasteiger partial charge in [-0.15, -0.1) is 0 Å². The number of carbonyl (C=O) groups excluding carboxylic acids is 1. The normalized spacial score (nSPS) is 11.8. The van der Waals surface area contributed by atoms with E-state index < -0.39 is 12.0 Å². The molecule has 0 heterocycles. The van der Waals surface area contributed by atoms with Crippen molar-refractivity contribution in [2.24, 2.45) is 0 Å². The molecule has 0 aromatic heterocycles. The summed E-state index contributed by atoms with van der Waals surface area (Å²) in [5.41, 5.74) is 4.01. The number of aryl methyl sites for hydroxylation is 2. The number of rotatable bonds is 6. The minimum atomic E-state index is -0.998. The molecule has 0 aliphatic heterocycles. The topological polar surface area (TPSA) is 57.6 Å². The van der Waals surface area contributed by atoms with E-state index in [4.69, 9.17) is 0 Å². The zero-order chi connectivity index (χ0) is 17.7. The third-order valence-electron chi connectivity index (χ3n) is 4.32. The average molecular weight is 325 g/mol. The van der Waals surface area contributed by atoms with E-state index in [-0.39, 0.29) is 12.3 Å². The molecule has 0 aliphatic carbocycles. The third-order valence-corrected chi connectivity index (χ3v) is 4.32. The Morgan fingerprint density at radius 3 is 2.12 bits per heavy atom. The summed E-state index contributed by atoms with van der Waals surface area (Å²) in [6, 6.07) is 14.4. The largest absolute Gasteiger partial charge is 0.480 e. The Morgan fingerprint density at radius 1 is 1.00 bits per heavy atom. The highest BCUT2D eigenvalue weighted by atomic mass is 16.4. The molecule has 126 valence electrons. The molecule has 0 saturated heterocycles. The van der Waals surface area contributed by atoms with Gasteiger partial charge < -0.3 is 10.0 Å². The van der Waals surface area contributed by atoms with Gasteiger partial charge in [-0.3, -0.25) is 4.79 Å². The number of carboxylic acid groups (broad SMARTS) is 1. The van der Waals surface area contributed by atoms with Gasteiger partial charge in [-0.1, -0.05) is 48.5 Å². The van der Waals surface area contributed by atoms with Crippen LogP contribution < -0.4 is 0 Å². The summed E-state index contributed by atoms with van der Waals surface area (Å²) >= 11 is 0. The van der Waals surface area contributed by atoms with Crippen LogP contribution in [0.5, 0.6) is 0 Å². The van der Waals surface area contributed by atoms with Crippen LogP contribution in [0.1, 0.15) is 29.2 Å². The monoisotopic (exact) mass is 325 g/mol. The van der Waals surface area contributed by atoms with Crippen LogP contribution in [0.4, 0.5) is 0 Å². The molecule has 2 aromatic rings. The van der Waals surface area contributed by atoms with Crippen molar-refractivity contribution in [3.8, 4) is 0 Å². The average Bonchev–Trinajstić information content (AvgIpc) is 2.54. The van der Waals surface area contributed by atoms with Crippen molar-refractivity contribution < 1.29 is 14.7 Å². The van der Waals surface area contributed by atoms with Gasteiger partial charge in [0, 0.05) is 6.54 Å². The molecule has 4 nitrogen and oxygen atoms in total. The van der Waals surface area contributed by atoms with E-state index in [1.807, 2.05) is 62.4 Å². The van der Waals surface area contributed by atoms with E-state index in [1.165, 1.54) is 4.90 Å². The Morgan fingerprint density at radius 2 is 1.58 bits per heavy atom. The number of nitrogens with zero attached hydrogens (tertiary/aromatic N) is 1. The maximum absolute atomic E-state index is 12.7. The summed E-state index contributed by atoms with van der Waals surface area (Å²) in [5.74, 6) is -1.18. The van der Waals surface area contributed by atoms with E-state index >= 15 is 0 Å². The highest BCUT2D eigenvalue weighted by Crippen LogP contribution is 2.18. The molecule has 0 unspecified atom stereocenters. The van der Waals surface area contributed by atoms with E-state index in [0.29, 0.717) is 6.54 Å². The minimum Gasteiger partial charge on any atom is -0.480 e. The van der Waals surface area contributed by atoms with Crippen LogP contribution in [-0.2, 0) is 22.6 Å². The minimum absolute atomic E-state index is 0.182. The van der Waals surface area contributed by atoms with Crippen LogP contribution in [0.2, 0.25) is 0 Å². The molecular weight excluding hydrogens is 302 g/mol. The van der Waals surface area contributed by atoms with Gasteiger partial charge in [0.25, 0.3) is 0 Å². The molecule has 2 rings (SSSR count). The van der Waals surface area contributed by atoms with E-state index in [1.54, 1.807) is 6.92 Å². The zero-order valence-corrected chi connectivity index (χ0v) is 14.3. The van der Waals surface area contributed by atoms with Crippen molar-refractivity contribution in [3.63, 3.8) is 0 Å².